The topological polar surface area (TPSA) is 42.1 Å². The summed E-state index contributed by atoms with van der Waals surface area (Å²) in [6.07, 6.45) is 6.19. The van der Waals surface area contributed by atoms with Crippen LogP contribution in [0.1, 0.15) is 37.8 Å². The first-order chi connectivity index (χ1) is 8.24. The van der Waals surface area contributed by atoms with Crippen LogP contribution in [0.25, 0.3) is 0 Å². The Morgan fingerprint density at radius 3 is 2.53 bits per heavy atom. The molecular formula is C14H21N3. The summed E-state index contributed by atoms with van der Waals surface area (Å²) in [5.41, 5.74) is 6.96. The quantitative estimate of drug-likeness (QED) is 0.849. The first-order valence-electron chi connectivity index (χ1n) is 6.70. The van der Waals surface area contributed by atoms with Crippen LogP contribution >= 0.6 is 0 Å². The number of nitrogens with two attached hydrogens (primary N) is 1. The zero-order valence-electron chi connectivity index (χ0n) is 10.5. The van der Waals surface area contributed by atoms with Crippen molar-refractivity contribution in [2.24, 2.45) is 17.6 Å². The van der Waals surface area contributed by atoms with E-state index in [4.69, 9.17) is 5.73 Å². The zero-order valence-corrected chi connectivity index (χ0v) is 10.5. The zero-order chi connectivity index (χ0) is 11.8. The van der Waals surface area contributed by atoms with Crippen LogP contribution in [0.2, 0.25) is 0 Å². The average Bonchev–Trinajstić information content (AvgIpc) is 2.89. The van der Waals surface area contributed by atoms with Crippen molar-refractivity contribution in [1.29, 1.82) is 0 Å². The van der Waals surface area contributed by atoms with Gasteiger partial charge in [-0.2, -0.15) is 0 Å². The third-order valence-electron chi connectivity index (χ3n) is 4.35. The molecule has 1 aliphatic carbocycles. The van der Waals surface area contributed by atoms with Crippen LogP contribution in [0.5, 0.6) is 0 Å². The van der Waals surface area contributed by atoms with Gasteiger partial charge >= 0.3 is 0 Å². The fraction of sp³-hybridized carbons (Fsp3) is 0.643. The van der Waals surface area contributed by atoms with Crippen molar-refractivity contribution in [3.8, 4) is 0 Å². The fourth-order valence-corrected chi connectivity index (χ4v) is 3.28. The second-order valence-corrected chi connectivity index (χ2v) is 5.59. The minimum atomic E-state index is 0.0782. The molecular weight excluding hydrogens is 210 g/mol. The summed E-state index contributed by atoms with van der Waals surface area (Å²) in [7, 11) is 0. The van der Waals surface area contributed by atoms with Gasteiger partial charge in [-0.15, -0.1) is 0 Å². The number of hydrogen-bond donors (Lipinski definition) is 1. The van der Waals surface area contributed by atoms with E-state index in [2.05, 4.69) is 22.0 Å². The maximum absolute atomic E-state index is 5.84. The maximum atomic E-state index is 5.84. The van der Waals surface area contributed by atoms with Crippen molar-refractivity contribution < 1.29 is 0 Å². The molecule has 0 amide bonds. The van der Waals surface area contributed by atoms with Gasteiger partial charge in [0, 0.05) is 25.3 Å². The van der Waals surface area contributed by atoms with Crippen LogP contribution in [0.15, 0.2) is 18.3 Å². The summed E-state index contributed by atoms with van der Waals surface area (Å²) < 4.78 is 0. The molecule has 0 bridgehead atoms. The van der Waals surface area contributed by atoms with E-state index in [0.29, 0.717) is 0 Å². The van der Waals surface area contributed by atoms with E-state index in [9.17, 15) is 0 Å². The molecule has 0 aromatic carbocycles. The van der Waals surface area contributed by atoms with Gasteiger partial charge in [0.1, 0.15) is 5.82 Å². The Bertz CT molecular complexity index is 373. The van der Waals surface area contributed by atoms with Crippen LogP contribution in [0.4, 0.5) is 5.82 Å². The molecule has 1 saturated carbocycles. The third kappa shape index (κ3) is 2.04. The molecule has 3 nitrogen and oxygen atoms in total. The molecule has 1 saturated heterocycles. The van der Waals surface area contributed by atoms with Crippen LogP contribution in [-0.4, -0.2) is 18.1 Å². The van der Waals surface area contributed by atoms with Gasteiger partial charge in [-0.1, -0.05) is 12.5 Å². The summed E-state index contributed by atoms with van der Waals surface area (Å²) >= 11 is 0. The monoisotopic (exact) mass is 231 g/mol. The van der Waals surface area contributed by atoms with Gasteiger partial charge in [0.05, 0.1) is 0 Å². The average molecular weight is 231 g/mol. The molecule has 2 unspecified atom stereocenters. The second kappa shape index (κ2) is 4.30. The molecule has 2 heterocycles. The maximum Gasteiger partial charge on any atom is 0.128 e. The molecule has 1 aliphatic heterocycles. The van der Waals surface area contributed by atoms with Crippen molar-refractivity contribution in [3.05, 3.63) is 23.9 Å². The van der Waals surface area contributed by atoms with Gasteiger partial charge in [-0.05, 0) is 43.2 Å². The molecule has 0 radical (unpaired) electrons. The van der Waals surface area contributed by atoms with Gasteiger partial charge in [-0.25, -0.2) is 4.98 Å². The lowest BCUT2D eigenvalue weighted by molar-refractivity contribution is 0.494. The van der Waals surface area contributed by atoms with E-state index in [1.54, 1.807) is 0 Å². The highest BCUT2D eigenvalue weighted by Gasteiger charge is 2.36. The lowest BCUT2D eigenvalue weighted by Gasteiger charge is -2.18. The molecule has 2 N–H and O–H groups in total. The molecule has 1 aromatic rings. The first kappa shape index (κ1) is 11.0. The normalized spacial score (nSPS) is 29.4. The van der Waals surface area contributed by atoms with E-state index in [1.807, 2.05) is 13.1 Å². The van der Waals surface area contributed by atoms with E-state index < -0.39 is 0 Å². The minimum Gasteiger partial charge on any atom is -0.356 e. The largest absolute Gasteiger partial charge is 0.356 e. The SMILES string of the molecule is C[C@H](N)c1ccc(N2CC3CCCC3C2)nc1. The van der Waals surface area contributed by atoms with E-state index >= 15 is 0 Å². The number of hydrogen-bond acceptors (Lipinski definition) is 3. The summed E-state index contributed by atoms with van der Waals surface area (Å²) in [6.45, 7) is 4.40. The van der Waals surface area contributed by atoms with E-state index in [1.165, 1.54) is 32.4 Å². The Morgan fingerprint density at radius 2 is 2.00 bits per heavy atom. The lowest BCUT2D eigenvalue weighted by atomic mass is 10.0. The Balaban J connectivity index is 1.73. The van der Waals surface area contributed by atoms with Gasteiger partial charge in [-0.3, -0.25) is 0 Å². The predicted molar refractivity (Wildman–Crippen MR) is 69.9 cm³/mol. The standard InChI is InChI=1S/C14H21N3/c1-10(15)11-5-6-14(16-7-11)17-8-12-3-2-4-13(12)9-17/h5-7,10,12-13H,2-4,8-9,15H2,1H3/t10-,12?,13?/m0/s1. The third-order valence-corrected chi connectivity index (χ3v) is 4.35. The van der Waals surface area contributed by atoms with Crippen LogP contribution in [0, 0.1) is 11.8 Å². The summed E-state index contributed by atoms with van der Waals surface area (Å²) in [5.74, 6) is 2.97. The van der Waals surface area contributed by atoms with Gasteiger partial charge in [0.2, 0.25) is 0 Å². The number of fused-ring (bicyclic) bond motifs is 1. The lowest BCUT2D eigenvalue weighted by Crippen LogP contribution is -2.21. The molecule has 92 valence electrons. The number of anilines is 1. The van der Waals surface area contributed by atoms with Crippen molar-refractivity contribution in [2.45, 2.75) is 32.2 Å². The second-order valence-electron chi connectivity index (χ2n) is 5.59. The van der Waals surface area contributed by atoms with Gasteiger partial charge in [0.25, 0.3) is 0 Å². The van der Waals surface area contributed by atoms with Crippen LogP contribution < -0.4 is 10.6 Å². The minimum absolute atomic E-state index is 0.0782. The van der Waals surface area contributed by atoms with Crippen LogP contribution in [0.3, 0.4) is 0 Å². The molecule has 17 heavy (non-hydrogen) atoms. The Hall–Kier alpha value is -1.09. The highest BCUT2D eigenvalue weighted by atomic mass is 15.2. The number of aromatic nitrogens is 1. The van der Waals surface area contributed by atoms with Crippen LogP contribution in [-0.2, 0) is 0 Å². The molecule has 3 heteroatoms. The van der Waals surface area contributed by atoms with Gasteiger partial charge < -0.3 is 10.6 Å². The Morgan fingerprint density at radius 1 is 1.29 bits per heavy atom. The molecule has 1 aromatic heterocycles. The Labute approximate surface area is 103 Å². The van der Waals surface area contributed by atoms with Crippen molar-refractivity contribution >= 4 is 5.82 Å². The van der Waals surface area contributed by atoms with Crippen molar-refractivity contribution in [1.82, 2.24) is 4.98 Å². The molecule has 2 aliphatic rings. The van der Waals surface area contributed by atoms with Crippen molar-refractivity contribution in [2.75, 3.05) is 18.0 Å². The first-order valence-corrected chi connectivity index (χ1v) is 6.70. The number of nitrogens with zero attached hydrogens (tertiary/aromatic N) is 2. The summed E-state index contributed by atoms with van der Waals surface area (Å²) in [6, 6.07) is 4.32. The summed E-state index contributed by atoms with van der Waals surface area (Å²) in [5, 5.41) is 0. The fourth-order valence-electron chi connectivity index (χ4n) is 3.28. The van der Waals surface area contributed by atoms with E-state index in [-0.39, 0.29) is 6.04 Å². The van der Waals surface area contributed by atoms with Crippen molar-refractivity contribution in [3.63, 3.8) is 0 Å². The smallest absolute Gasteiger partial charge is 0.128 e. The highest BCUT2D eigenvalue weighted by Crippen LogP contribution is 2.39. The summed E-state index contributed by atoms with van der Waals surface area (Å²) in [4.78, 5) is 7.00. The predicted octanol–water partition coefficient (Wildman–Crippen LogP) is 2.34. The number of pyridine rings is 1. The highest BCUT2D eigenvalue weighted by molar-refractivity contribution is 5.41. The Kier molecular flexibility index (Phi) is 2.79. The molecule has 3 rings (SSSR count). The molecule has 3 atom stereocenters. The van der Waals surface area contributed by atoms with Gasteiger partial charge in [0.15, 0.2) is 0 Å². The van der Waals surface area contributed by atoms with E-state index in [0.717, 1.165) is 23.2 Å². The molecule has 2 fully saturated rings. The molecule has 0 spiro atoms. The number of rotatable bonds is 2.